The van der Waals surface area contributed by atoms with Gasteiger partial charge in [-0.05, 0) is 30.5 Å². The van der Waals surface area contributed by atoms with Crippen LogP contribution in [0.4, 0.5) is 0 Å². The van der Waals surface area contributed by atoms with Gasteiger partial charge in [0.1, 0.15) is 5.75 Å². The maximum atomic E-state index is 5.76. The van der Waals surface area contributed by atoms with E-state index < -0.39 is 0 Å². The van der Waals surface area contributed by atoms with Crippen LogP contribution in [0.1, 0.15) is 31.2 Å². The van der Waals surface area contributed by atoms with E-state index in [1.54, 1.807) is 7.11 Å². The van der Waals surface area contributed by atoms with E-state index in [9.17, 15) is 0 Å². The Balaban J connectivity index is 1.47. The molecule has 1 heterocycles. The summed E-state index contributed by atoms with van der Waals surface area (Å²) in [7, 11) is 1.70. The lowest BCUT2D eigenvalue weighted by molar-refractivity contribution is -0.179. The van der Waals surface area contributed by atoms with Crippen LogP contribution in [0.2, 0.25) is 0 Å². The minimum Gasteiger partial charge on any atom is -0.497 e. The number of benzene rings is 1. The van der Waals surface area contributed by atoms with Gasteiger partial charge in [0.2, 0.25) is 0 Å². The smallest absolute Gasteiger partial charge is 0.168 e. The Morgan fingerprint density at radius 1 is 1.25 bits per heavy atom. The Kier molecular flexibility index (Phi) is 4.24. The van der Waals surface area contributed by atoms with Crippen LogP contribution in [0.25, 0.3) is 0 Å². The van der Waals surface area contributed by atoms with Crippen LogP contribution >= 0.6 is 0 Å². The molecule has 1 saturated carbocycles. The van der Waals surface area contributed by atoms with E-state index in [2.05, 4.69) is 17.4 Å². The molecule has 1 aliphatic heterocycles. The van der Waals surface area contributed by atoms with Gasteiger partial charge in [0.25, 0.3) is 0 Å². The van der Waals surface area contributed by atoms with Crippen LogP contribution in [0.5, 0.6) is 5.75 Å². The molecule has 20 heavy (non-hydrogen) atoms. The molecule has 1 saturated heterocycles. The molecule has 1 spiro atoms. The first-order valence-corrected chi connectivity index (χ1v) is 7.44. The summed E-state index contributed by atoms with van der Waals surface area (Å²) >= 11 is 0. The average Bonchev–Trinajstić information content (AvgIpc) is 2.95. The van der Waals surface area contributed by atoms with E-state index in [1.165, 1.54) is 5.56 Å². The van der Waals surface area contributed by atoms with E-state index in [1.807, 2.05) is 12.1 Å². The molecule has 0 bridgehead atoms. The number of ether oxygens (including phenoxy) is 3. The van der Waals surface area contributed by atoms with Crippen LogP contribution < -0.4 is 10.1 Å². The Hall–Kier alpha value is -1.10. The highest BCUT2D eigenvalue weighted by Crippen LogP contribution is 2.35. The summed E-state index contributed by atoms with van der Waals surface area (Å²) in [4.78, 5) is 0. The molecule has 2 fully saturated rings. The van der Waals surface area contributed by atoms with E-state index in [-0.39, 0.29) is 5.79 Å². The summed E-state index contributed by atoms with van der Waals surface area (Å²) in [5, 5.41) is 3.63. The van der Waals surface area contributed by atoms with Gasteiger partial charge < -0.3 is 19.5 Å². The van der Waals surface area contributed by atoms with Crippen molar-refractivity contribution in [3.63, 3.8) is 0 Å². The molecule has 1 aromatic carbocycles. The molecule has 3 rings (SSSR count). The summed E-state index contributed by atoms with van der Waals surface area (Å²) in [5.41, 5.74) is 1.26. The second kappa shape index (κ2) is 6.12. The van der Waals surface area contributed by atoms with Gasteiger partial charge in [-0.3, -0.25) is 0 Å². The second-order valence-corrected chi connectivity index (χ2v) is 5.61. The fourth-order valence-electron chi connectivity index (χ4n) is 3.09. The normalized spacial score (nSPS) is 22.2. The summed E-state index contributed by atoms with van der Waals surface area (Å²) in [6.45, 7) is 2.39. The number of hydrogen-bond acceptors (Lipinski definition) is 4. The van der Waals surface area contributed by atoms with Crippen molar-refractivity contribution in [2.75, 3.05) is 20.3 Å². The molecule has 0 amide bonds. The third kappa shape index (κ3) is 3.14. The first-order chi connectivity index (χ1) is 9.80. The van der Waals surface area contributed by atoms with Crippen molar-refractivity contribution in [2.45, 2.75) is 44.1 Å². The summed E-state index contributed by atoms with van der Waals surface area (Å²) in [6, 6.07) is 8.78. The van der Waals surface area contributed by atoms with Crippen molar-refractivity contribution in [3.05, 3.63) is 29.8 Å². The molecule has 4 heteroatoms. The lowest BCUT2D eigenvalue weighted by atomic mass is 9.90. The number of rotatable bonds is 4. The summed E-state index contributed by atoms with van der Waals surface area (Å²) in [5.74, 6) is 0.661. The SMILES string of the molecule is COc1cccc(CNC2CCC3(CC2)OCCO3)c1. The zero-order valence-corrected chi connectivity index (χ0v) is 12.1. The fraction of sp³-hybridized carbons (Fsp3) is 0.625. The Morgan fingerprint density at radius 3 is 2.70 bits per heavy atom. The minimum atomic E-state index is -0.256. The Morgan fingerprint density at radius 2 is 2.00 bits per heavy atom. The number of hydrogen-bond donors (Lipinski definition) is 1. The average molecular weight is 277 g/mol. The highest BCUT2D eigenvalue weighted by Gasteiger charge is 2.40. The van der Waals surface area contributed by atoms with Crippen LogP contribution in [-0.2, 0) is 16.0 Å². The van der Waals surface area contributed by atoms with E-state index in [0.717, 1.165) is 51.2 Å². The zero-order chi connectivity index (χ0) is 13.8. The quantitative estimate of drug-likeness (QED) is 0.918. The summed E-state index contributed by atoms with van der Waals surface area (Å²) in [6.07, 6.45) is 4.24. The highest BCUT2D eigenvalue weighted by atomic mass is 16.7. The first kappa shape index (κ1) is 13.9. The largest absolute Gasteiger partial charge is 0.497 e. The minimum absolute atomic E-state index is 0.256. The lowest BCUT2D eigenvalue weighted by Crippen LogP contribution is -2.41. The molecule has 4 nitrogen and oxygen atoms in total. The summed E-state index contributed by atoms with van der Waals surface area (Å²) < 4.78 is 16.8. The first-order valence-electron chi connectivity index (χ1n) is 7.44. The van der Waals surface area contributed by atoms with Crippen LogP contribution in [0.15, 0.2) is 24.3 Å². The van der Waals surface area contributed by atoms with Gasteiger partial charge in [-0.25, -0.2) is 0 Å². The monoisotopic (exact) mass is 277 g/mol. The van der Waals surface area contributed by atoms with Gasteiger partial charge in [-0.15, -0.1) is 0 Å². The standard InChI is InChI=1S/C16H23NO3/c1-18-15-4-2-3-13(11-15)12-17-14-5-7-16(8-6-14)19-9-10-20-16/h2-4,11,14,17H,5-10,12H2,1H3. The van der Waals surface area contributed by atoms with Crippen molar-refractivity contribution in [3.8, 4) is 5.75 Å². The van der Waals surface area contributed by atoms with E-state index >= 15 is 0 Å². The molecule has 0 radical (unpaired) electrons. The Labute approximate surface area is 120 Å². The van der Waals surface area contributed by atoms with Crippen molar-refractivity contribution in [1.82, 2.24) is 5.32 Å². The molecular weight excluding hydrogens is 254 g/mol. The maximum absolute atomic E-state index is 5.76. The Bertz CT molecular complexity index is 433. The van der Waals surface area contributed by atoms with Gasteiger partial charge in [-0.1, -0.05) is 12.1 Å². The molecule has 1 N–H and O–H groups in total. The van der Waals surface area contributed by atoms with E-state index in [4.69, 9.17) is 14.2 Å². The van der Waals surface area contributed by atoms with Crippen LogP contribution in [0, 0.1) is 0 Å². The van der Waals surface area contributed by atoms with Gasteiger partial charge >= 0.3 is 0 Å². The highest BCUT2D eigenvalue weighted by molar-refractivity contribution is 5.28. The van der Waals surface area contributed by atoms with Crippen LogP contribution in [0.3, 0.4) is 0 Å². The third-order valence-corrected chi connectivity index (χ3v) is 4.29. The second-order valence-electron chi connectivity index (χ2n) is 5.61. The van der Waals surface area contributed by atoms with Gasteiger partial charge in [0, 0.05) is 25.4 Å². The van der Waals surface area contributed by atoms with Crippen molar-refractivity contribution >= 4 is 0 Å². The topological polar surface area (TPSA) is 39.7 Å². The third-order valence-electron chi connectivity index (χ3n) is 4.29. The maximum Gasteiger partial charge on any atom is 0.168 e. The van der Waals surface area contributed by atoms with Gasteiger partial charge in [0.15, 0.2) is 5.79 Å². The fourth-order valence-corrected chi connectivity index (χ4v) is 3.09. The van der Waals surface area contributed by atoms with Gasteiger partial charge in [0.05, 0.1) is 20.3 Å². The van der Waals surface area contributed by atoms with Crippen molar-refractivity contribution in [2.24, 2.45) is 0 Å². The zero-order valence-electron chi connectivity index (χ0n) is 12.1. The molecule has 110 valence electrons. The predicted molar refractivity (Wildman–Crippen MR) is 76.7 cm³/mol. The predicted octanol–water partition coefficient (Wildman–Crippen LogP) is 2.47. The number of methoxy groups -OCH3 is 1. The van der Waals surface area contributed by atoms with Gasteiger partial charge in [-0.2, -0.15) is 0 Å². The molecule has 0 atom stereocenters. The van der Waals surface area contributed by atoms with Crippen LogP contribution in [-0.4, -0.2) is 32.2 Å². The molecule has 0 aromatic heterocycles. The van der Waals surface area contributed by atoms with E-state index in [0.29, 0.717) is 6.04 Å². The molecule has 1 aliphatic carbocycles. The molecule has 2 aliphatic rings. The molecule has 1 aromatic rings. The van der Waals surface area contributed by atoms with Crippen molar-refractivity contribution < 1.29 is 14.2 Å². The number of nitrogens with one attached hydrogen (secondary N) is 1. The molecular formula is C16H23NO3. The lowest BCUT2D eigenvalue weighted by Gasteiger charge is -2.35. The van der Waals surface area contributed by atoms with Crippen molar-refractivity contribution in [1.29, 1.82) is 0 Å². The molecule has 0 unspecified atom stereocenters.